The number of amides is 1. The van der Waals surface area contributed by atoms with E-state index in [0.29, 0.717) is 45.8 Å². The first-order valence-electron chi connectivity index (χ1n) is 9.36. The number of rotatable bonds is 5. The second kappa shape index (κ2) is 8.41. The van der Waals surface area contributed by atoms with Crippen LogP contribution in [0.5, 0.6) is 0 Å². The number of carbonyl (C=O) groups excluding carboxylic acids is 2. The summed E-state index contributed by atoms with van der Waals surface area (Å²) in [6.45, 7) is 12.9. The molecule has 0 bridgehead atoms. The van der Waals surface area contributed by atoms with Crippen LogP contribution in [0.2, 0.25) is 0 Å². The first-order chi connectivity index (χ1) is 12.2. The van der Waals surface area contributed by atoms with E-state index in [2.05, 4.69) is 9.80 Å². The second-order valence-corrected chi connectivity index (χ2v) is 8.18. The maximum atomic E-state index is 12.3. The molecule has 2 unspecified atom stereocenters. The van der Waals surface area contributed by atoms with E-state index in [-0.39, 0.29) is 24.0 Å². The number of esters is 1. The van der Waals surface area contributed by atoms with Crippen LogP contribution in [-0.2, 0) is 14.3 Å². The molecule has 0 saturated carbocycles. The number of thiocarbonyl (C=S) groups is 1. The van der Waals surface area contributed by atoms with Crippen molar-refractivity contribution in [3.05, 3.63) is 0 Å². The Morgan fingerprint density at radius 1 is 1.23 bits per heavy atom. The van der Waals surface area contributed by atoms with Crippen LogP contribution < -0.4 is 0 Å². The molecule has 2 heterocycles. The molecule has 1 amide bonds. The van der Waals surface area contributed by atoms with Gasteiger partial charge in [0.15, 0.2) is 5.11 Å². The molecule has 2 aliphatic rings. The molecule has 2 fully saturated rings. The number of fused-ring (bicyclic) bond motifs is 1. The van der Waals surface area contributed by atoms with Crippen molar-refractivity contribution in [3.8, 4) is 0 Å². The fourth-order valence-electron chi connectivity index (χ4n) is 3.32. The van der Waals surface area contributed by atoms with E-state index in [9.17, 15) is 9.59 Å². The van der Waals surface area contributed by atoms with Crippen molar-refractivity contribution >= 4 is 29.4 Å². The van der Waals surface area contributed by atoms with Gasteiger partial charge in [-0.15, -0.1) is 0 Å². The smallest absolute Gasteiger partial charge is 0.410 e. The van der Waals surface area contributed by atoms with Gasteiger partial charge in [-0.1, -0.05) is 6.92 Å². The van der Waals surface area contributed by atoms with Gasteiger partial charge >= 0.3 is 12.1 Å². The summed E-state index contributed by atoms with van der Waals surface area (Å²) in [5.74, 6) is -0.353. The number of piperazine rings is 1. The quantitative estimate of drug-likeness (QED) is 0.530. The van der Waals surface area contributed by atoms with E-state index in [1.54, 1.807) is 4.90 Å². The summed E-state index contributed by atoms with van der Waals surface area (Å²) >= 11 is 5.61. The standard InChI is InChI=1S/C18H31N3O4S/c1-6-13(15(22)24-7-2)10-20-12-14-11-19(8-9-21(14)16(20)26)17(23)25-18(3,4)5/h13-14H,6-12H2,1-5H3. The summed E-state index contributed by atoms with van der Waals surface area (Å²) in [5.41, 5.74) is -0.501. The summed E-state index contributed by atoms with van der Waals surface area (Å²) in [7, 11) is 0. The van der Waals surface area contributed by atoms with E-state index in [1.165, 1.54) is 0 Å². The Hall–Kier alpha value is -1.57. The molecule has 0 aliphatic carbocycles. The Kier molecular flexibility index (Phi) is 6.71. The molecule has 26 heavy (non-hydrogen) atoms. The Morgan fingerprint density at radius 3 is 2.50 bits per heavy atom. The number of nitrogens with zero attached hydrogens (tertiary/aromatic N) is 3. The highest BCUT2D eigenvalue weighted by molar-refractivity contribution is 7.80. The summed E-state index contributed by atoms with van der Waals surface area (Å²) < 4.78 is 10.6. The van der Waals surface area contributed by atoms with Crippen molar-refractivity contribution in [1.82, 2.24) is 14.7 Å². The second-order valence-electron chi connectivity index (χ2n) is 7.82. The normalized spacial score (nSPS) is 21.5. The van der Waals surface area contributed by atoms with Gasteiger partial charge in [0, 0.05) is 32.7 Å². The molecule has 7 nitrogen and oxygen atoms in total. The lowest BCUT2D eigenvalue weighted by atomic mass is 10.1. The molecule has 148 valence electrons. The van der Waals surface area contributed by atoms with Gasteiger partial charge in [0.1, 0.15) is 5.60 Å². The zero-order valence-corrected chi connectivity index (χ0v) is 17.3. The molecule has 0 aromatic carbocycles. The average molecular weight is 386 g/mol. The summed E-state index contributed by atoms with van der Waals surface area (Å²) in [6, 6.07) is 0.142. The molecule has 0 N–H and O–H groups in total. The van der Waals surface area contributed by atoms with Gasteiger partial charge in [-0.2, -0.15) is 0 Å². The molecular formula is C18H31N3O4S. The maximum absolute atomic E-state index is 12.3. The van der Waals surface area contributed by atoms with Crippen LogP contribution in [0.3, 0.4) is 0 Å². The lowest BCUT2D eigenvalue weighted by Crippen LogP contribution is -2.54. The van der Waals surface area contributed by atoms with E-state index >= 15 is 0 Å². The fraction of sp³-hybridized carbons (Fsp3) is 0.833. The molecule has 0 aromatic heterocycles. The molecule has 2 atom stereocenters. The maximum Gasteiger partial charge on any atom is 0.410 e. The van der Waals surface area contributed by atoms with Crippen LogP contribution in [0.25, 0.3) is 0 Å². The zero-order chi connectivity index (χ0) is 19.5. The van der Waals surface area contributed by atoms with Gasteiger partial charge in [-0.05, 0) is 46.3 Å². The highest BCUT2D eigenvalue weighted by Crippen LogP contribution is 2.24. The van der Waals surface area contributed by atoms with Crippen LogP contribution >= 0.6 is 12.2 Å². The fourth-order valence-corrected chi connectivity index (χ4v) is 3.71. The topological polar surface area (TPSA) is 62.3 Å². The molecule has 0 aromatic rings. The van der Waals surface area contributed by atoms with Crippen molar-refractivity contribution < 1.29 is 19.1 Å². The third-order valence-electron chi connectivity index (χ3n) is 4.64. The Balaban J connectivity index is 1.96. The first kappa shape index (κ1) is 20.7. The van der Waals surface area contributed by atoms with Crippen molar-refractivity contribution in [1.29, 1.82) is 0 Å². The van der Waals surface area contributed by atoms with Gasteiger partial charge in [-0.3, -0.25) is 4.79 Å². The Morgan fingerprint density at radius 2 is 1.92 bits per heavy atom. The van der Waals surface area contributed by atoms with E-state index in [4.69, 9.17) is 21.7 Å². The minimum atomic E-state index is -0.501. The third kappa shape index (κ3) is 4.99. The monoisotopic (exact) mass is 385 g/mol. The SMILES string of the molecule is CCOC(=O)C(CC)CN1CC2CN(C(=O)OC(C)(C)C)CCN2C1=S. The highest BCUT2D eigenvalue weighted by Gasteiger charge is 2.41. The number of ether oxygens (including phenoxy) is 2. The van der Waals surface area contributed by atoms with E-state index < -0.39 is 5.60 Å². The largest absolute Gasteiger partial charge is 0.466 e. The van der Waals surface area contributed by atoms with Crippen molar-refractivity contribution in [3.63, 3.8) is 0 Å². The average Bonchev–Trinajstić information content (AvgIpc) is 2.86. The third-order valence-corrected chi connectivity index (χ3v) is 5.13. The first-order valence-corrected chi connectivity index (χ1v) is 9.77. The van der Waals surface area contributed by atoms with Crippen molar-refractivity contribution in [2.45, 2.75) is 52.7 Å². The minimum absolute atomic E-state index is 0.142. The number of hydrogen-bond acceptors (Lipinski definition) is 5. The molecule has 2 saturated heterocycles. The minimum Gasteiger partial charge on any atom is -0.466 e. The molecule has 0 radical (unpaired) electrons. The number of hydrogen-bond donors (Lipinski definition) is 0. The summed E-state index contributed by atoms with van der Waals surface area (Å²) in [5, 5.41) is 0.765. The van der Waals surface area contributed by atoms with Gasteiger partial charge in [0.05, 0.1) is 18.6 Å². The van der Waals surface area contributed by atoms with Crippen LogP contribution in [0.1, 0.15) is 41.0 Å². The number of carbonyl (C=O) groups is 2. The molecule has 2 aliphatic heterocycles. The molecule has 8 heteroatoms. The molecular weight excluding hydrogens is 354 g/mol. The van der Waals surface area contributed by atoms with Gasteiger partial charge in [-0.25, -0.2) is 4.79 Å². The summed E-state index contributed by atoms with van der Waals surface area (Å²) in [6.07, 6.45) is 0.437. The highest BCUT2D eigenvalue weighted by atomic mass is 32.1. The predicted molar refractivity (Wildman–Crippen MR) is 103 cm³/mol. The van der Waals surface area contributed by atoms with Gasteiger partial charge < -0.3 is 24.2 Å². The van der Waals surface area contributed by atoms with Crippen molar-refractivity contribution in [2.75, 3.05) is 39.3 Å². The van der Waals surface area contributed by atoms with Crippen LogP contribution in [0.15, 0.2) is 0 Å². The van der Waals surface area contributed by atoms with E-state index in [1.807, 2.05) is 34.6 Å². The predicted octanol–water partition coefficient (Wildman–Crippen LogP) is 2.10. The Labute approximate surface area is 161 Å². The van der Waals surface area contributed by atoms with Gasteiger partial charge in [0.25, 0.3) is 0 Å². The van der Waals surface area contributed by atoms with Crippen LogP contribution in [-0.4, -0.2) is 82.8 Å². The summed E-state index contributed by atoms with van der Waals surface area (Å²) in [4.78, 5) is 30.4. The van der Waals surface area contributed by atoms with E-state index in [0.717, 1.165) is 5.11 Å². The van der Waals surface area contributed by atoms with Gasteiger partial charge in [0.2, 0.25) is 0 Å². The van der Waals surface area contributed by atoms with Crippen LogP contribution in [0, 0.1) is 5.92 Å². The molecule has 0 spiro atoms. The Bertz CT molecular complexity index is 549. The van der Waals surface area contributed by atoms with Crippen LogP contribution in [0.4, 0.5) is 4.79 Å². The molecule has 2 rings (SSSR count). The lowest BCUT2D eigenvalue weighted by Gasteiger charge is -2.37. The zero-order valence-electron chi connectivity index (χ0n) is 16.5. The lowest BCUT2D eigenvalue weighted by molar-refractivity contribution is -0.148. The van der Waals surface area contributed by atoms with Crippen molar-refractivity contribution in [2.24, 2.45) is 5.92 Å².